The second kappa shape index (κ2) is 7.06. The van der Waals surface area contributed by atoms with Gasteiger partial charge in [-0.3, -0.25) is 9.09 Å². The van der Waals surface area contributed by atoms with Crippen LogP contribution in [-0.4, -0.2) is 13.4 Å². The Hall–Kier alpha value is -3.04. The first-order valence-corrected chi connectivity index (χ1v) is 10.5. The minimum Gasteiger partial charge on any atom is -0.296 e. The lowest BCUT2D eigenvalue weighted by molar-refractivity contribution is 0.842. The average Bonchev–Trinajstić information content (AvgIpc) is 2.75. The van der Waals surface area contributed by atoms with Crippen LogP contribution < -0.4 is 15.6 Å². The van der Waals surface area contributed by atoms with Gasteiger partial charge in [0.1, 0.15) is 0 Å². The first kappa shape index (κ1) is 16.4. The van der Waals surface area contributed by atoms with E-state index in [-0.39, 0.29) is 0 Å². The van der Waals surface area contributed by atoms with Crippen molar-refractivity contribution < 1.29 is 4.11 Å². The van der Waals surface area contributed by atoms with Crippen LogP contribution in [0.3, 0.4) is 0 Å². The molecule has 1 aromatic heterocycles. The summed E-state index contributed by atoms with van der Waals surface area (Å²) in [6, 6.07) is 32.5. The normalized spacial score (nSPS) is 11.3. The maximum Gasteiger partial charge on any atom is 0.340 e. The van der Waals surface area contributed by atoms with Crippen molar-refractivity contribution in [2.75, 3.05) is 0 Å². The summed E-state index contributed by atoms with van der Waals surface area (Å²) in [5.41, 5.74) is 1.65. The van der Waals surface area contributed by atoms with Gasteiger partial charge < -0.3 is 0 Å². The molecule has 0 unspecified atom stereocenters. The van der Waals surface area contributed by atoms with Crippen molar-refractivity contribution in [3.05, 3.63) is 109 Å². The zero-order valence-electron chi connectivity index (χ0n) is 14.2. The summed E-state index contributed by atoms with van der Waals surface area (Å²) in [6.07, 6.45) is 1.75. The van der Waals surface area contributed by atoms with Gasteiger partial charge >= 0.3 is 8.41 Å². The standard InChI is InChI=1S/C23H18FNSi/c24-26(19-11-3-1-4-12-19,20-13-5-2-6-14-20)23-17-8-7-15-21(23)22-16-9-10-18-25-22/h1-18H. The van der Waals surface area contributed by atoms with Crippen molar-refractivity contribution in [3.63, 3.8) is 0 Å². The maximum atomic E-state index is 17.0. The molecule has 3 aromatic carbocycles. The van der Waals surface area contributed by atoms with Crippen molar-refractivity contribution in [2.24, 2.45) is 0 Å². The fraction of sp³-hybridized carbons (Fsp3) is 0. The summed E-state index contributed by atoms with van der Waals surface area (Å²) in [5.74, 6) is 0. The van der Waals surface area contributed by atoms with Gasteiger partial charge in [-0.15, -0.1) is 0 Å². The molecule has 0 radical (unpaired) electrons. The van der Waals surface area contributed by atoms with Crippen LogP contribution in [0.4, 0.5) is 4.11 Å². The second-order valence-electron chi connectivity index (χ2n) is 6.15. The van der Waals surface area contributed by atoms with E-state index in [1.807, 2.05) is 103 Å². The van der Waals surface area contributed by atoms with E-state index in [0.29, 0.717) is 0 Å². The van der Waals surface area contributed by atoms with Crippen molar-refractivity contribution in [2.45, 2.75) is 0 Å². The number of nitrogens with zero attached hydrogens (tertiary/aromatic N) is 1. The van der Waals surface area contributed by atoms with E-state index in [9.17, 15) is 0 Å². The Balaban J connectivity index is 2.01. The van der Waals surface area contributed by atoms with Crippen LogP contribution in [0.1, 0.15) is 0 Å². The van der Waals surface area contributed by atoms with E-state index in [0.717, 1.165) is 26.8 Å². The molecule has 0 saturated carbocycles. The molecule has 0 aliphatic heterocycles. The number of pyridine rings is 1. The topological polar surface area (TPSA) is 12.9 Å². The average molecular weight is 355 g/mol. The Labute approximate surface area is 154 Å². The molecule has 0 spiro atoms. The molecule has 0 aliphatic carbocycles. The second-order valence-corrected chi connectivity index (χ2v) is 9.16. The van der Waals surface area contributed by atoms with Gasteiger partial charge in [0.05, 0.1) is 5.69 Å². The molecule has 26 heavy (non-hydrogen) atoms. The van der Waals surface area contributed by atoms with Crippen molar-refractivity contribution in [1.82, 2.24) is 4.98 Å². The molecular formula is C23H18FNSi. The van der Waals surface area contributed by atoms with Gasteiger partial charge in [-0.05, 0) is 27.7 Å². The van der Waals surface area contributed by atoms with Crippen LogP contribution in [-0.2, 0) is 0 Å². The minimum absolute atomic E-state index is 0.732. The quantitative estimate of drug-likeness (QED) is 0.309. The summed E-state index contributed by atoms with van der Waals surface area (Å²) >= 11 is 0. The van der Waals surface area contributed by atoms with E-state index in [2.05, 4.69) is 4.98 Å². The molecule has 0 fully saturated rings. The van der Waals surface area contributed by atoms with Gasteiger partial charge in [-0.2, -0.15) is 0 Å². The third kappa shape index (κ3) is 2.87. The zero-order valence-corrected chi connectivity index (χ0v) is 15.2. The Morgan fingerprint density at radius 1 is 0.577 bits per heavy atom. The highest BCUT2D eigenvalue weighted by Gasteiger charge is 2.42. The molecule has 126 valence electrons. The molecule has 0 saturated heterocycles. The van der Waals surface area contributed by atoms with Crippen LogP contribution in [0.25, 0.3) is 11.3 Å². The largest absolute Gasteiger partial charge is 0.340 e. The smallest absolute Gasteiger partial charge is 0.296 e. The van der Waals surface area contributed by atoms with Gasteiger partial charge in [0.25, 0.3) is 0 Å². The van der Waals surface area contributed by atoms with E-state index >= 15 is 4.11 Å². The van der Waals surface area contributed by atoms with Gasteiger partial charge in [0.2, 0.25) is 0 Å². The molecule has 1 heterocycles. The molecule has 0 N–H and O–H groups in total. The minimum atomic E-state index is -3.65. The Morgan fingerprint density at radius 2 is 1.12 bits per heavy atom. The maximum absolute atomic E-state index is 17.0. The monoisotopic (exact) mass is 355 g/mol. The van der Waals surface area contributed by atoms with Crippen molar-refractivity contribution in [1.29, 1.82) is 0 Å². The summed E-state index contributed by atoms with van der Waals surface area (Å²) < 4.78 is 17.0. The molecule has 1 nitrogen and oxygen atoms in total. The lowest BCUT2D eigenvalue weighted by atomic mass is 10.1. The highest BCUT2D eigenvalue weighted by atomic mass is 28.4. The molecule has 0 atom stereocenters. The SMILES string of the molecule is F[Si](c1ccccc1)(c1ccccc1)c1ccccc1-c1ccccn1. The van der Waals surface area contributed by atoms with E-state index in [4.69, 9.17) is 0 Å². The molecule has 4 rings (SSSR count). The zero-order chi connectivity index (χ0) is 17.8. The Morgan fingerprint density at radius 3 is 1.69 bits per heavy atom. The molecular weight excluding hydrogens is 337 g/mol. The van der Waals surface area contributed by atoms with Crippen LogP contribution in [0.5, 0.6) is 0 Å². The van der Waals surface area contributed by atoms with Crippen LogP contribution >= 0.6 is 0 Å². The summed E-state index contributed by atoms with van der Waals surface area (Å²) in [7, 11) is -3.65. The number of benzene rings is 3. The number of halogens is 1. The lowest BCUT2D eigenvalue weighted by Crippen LogP contribution is -2.64. The molecule has 0 aliphatic rings. The number of hydrogen-bond donors (Lipinski definition) is 0. The van der Waals surface area contributed by atoms with Crippen molar-refractivity contribution >= 4 is 24.0 Å². The molecule has 0 bridgehead atoms. The van der Waals surface area contributed by atoms with Gasteiger partial charge in [-0.25, -0.2) is 0 Å². The third-order valence-electron chi connectivity index (χ3n) is 4.58. The van der Waals surface area contributed by atoms with E-state index in [1.54, 1.807) is 6.20 Å². The fourth-order valence-corrected chi connectivity index (χ4v) is 6.51. The number of rotatable bonds is 4. The highest BCUT2D eigenvalue weighted by Crippen LogP contribution is 2.19. The highest BCUT2D eigenvalue weighted by molar-refractivity contribution is 7.07. The Kier molecular flexibility index (Phi) is 4.46. The van der Waals surface area contributed by atoms with Gasteiger partial charge in [-0.1, -0.05) is 91.0 Å². The molecule has 4 aromatic rings. The van der Waals surface area contributed by atoms with Crippen LogP contribution in [0, 0.1) is 0 Å². The van der Waals surface area contributed by atoms with Crippen LogP contribution in [0.2, 0.25) is 0 Å². The van der Waals surface area contributed by atoms with Crippen LogP contribution in [0.15, 0.2) is 109 Å². The number of aromatic nitrogens is 1. The predicted octanol–water partition coefficient (Wildman–Crippen LogP) is 3.69. The van der Waals surface area contributed by atoms with Crippen molar-refractivity contribution in [3.8, 4) is 11.3 Å². The van der Waals surface area contributed by atoms with Gasteiger partial charge in [0.15, 0.2) is 0 Å². The predicted molar refractivity (Wildman–Crippen MR) is 108 cm³/mol. The first-order valence-electron chi connectivity index (χ1n) is 8.61. The molecule has 0 amide bonds. The summed E-state index contributed by atoms with van der Waals surface area (Å²) in [5, 5.41) is 2.22. The van der Waals surface area contributed by atoms with E-state index < -0.39 is 8.41 Å². The summed E-state index contributed by atoms with van der Waals surface area (Å²) in [4.78, 5) is 4.47. The number of hydrogen-bond acceptors (Lipinski definition) is 1. The van der Waals surface area contributed by atoms with Gasteiger partial charge in [0, 0.05) is 11.8 Å². The fourth-order valence-electron chi connectivity index (χ4n) is 3.34. The first-order chi connectivity index (χ1) is 12.8. The molecule has 3 heteroatoms. The third-order valence-corrected chi connectivity index (χ3v) is 8.02. The van der Waals surface area contributed by atoms with E-state index in [1.165, 1.54) is 0 Å². The summed E-state index contributed by atoms with van der Waals surface area (Å²) in [6.45, 7) is 0. The lowest BCUT2D eigenvalue weighted by Gasteiger charge is -2.26. The Bertz CT molecular complexity index is 949.